The molecule has 134 valence electrons. The van der Waals surface area contributed by atoms with E-state index < -0.39 is 11.5 Å². The Morgan fingerprint density at radius 2 is 1.96 bits per heavy atom. The summed E-state index contributed by atoms with van der Waals surface area (Å²) < 4.78 is 6.38. The molecule has 0 spiro atoms. The van der Waals surface area contributed by atoms with Crippen LogP contribution in [0.15, 0.2) is 48.5 Å². The lowest BCUT2D eigenvalue weighted by Gasteiger charge is -2.44. The van der Waals surface area contributed by atoms with Crippen LogP contribution in [0.1, 0.15) is 12.5 Å². The van der Waals surface area contributed by atoms with E-state index in [2.05, 4.69) is 0 Å². The molecule has 6 nitrogen and oxygen atoms in total. The molecule has 0 saturated carbocycles. The predicted octanol–water partition coefficient (Wildman–Crippen LogP) is 2.74. The molecule has 0 bridgehead atoms. The van der Waals surface area contributed by atoms with Crippen molar-refractivity contribution in [3.8, 4) is 5.75 Å². The lowest BCUT2D eigenvalue weighted by atomic mass is 9.85. The van der Waals surface area contributed by atoms with Gasteiger partial charge in [-0.2, -0.15) is 0 Å². The monoisotopic (exact) mass is 371 g/mol. The largest absolute Gasteiger partial charge is 0.478 e. The molecule has 2 aliphatic rings. The zero-order valence-electron chi connectivity index (χ0n) is 14.2. The first kappa shape index (κ1) is 16.7. The van der Waals surface area contributed by atoms with E-state index in [1.165, 1.54) is 4.90 Å². The van der Waals surface area contributed by atoms with Gasteiger partial charge in [-0.15, -0.1) is 0 Å². The fourth-order valence-corrected chi connectivity index (χ4v) is 3.86. The molecule has 0 aromatic heterocycles. The molecule has 1 fully saturated rings. The van der Waals surface area contributed by atoms with Gasteiger partial charge in [0, 0.05) is 11.6 Å². The minimum Gasteiger partial charge on any atom is -0.478 e. The Morgan fingerprint density at radius 1 is 1.27 bits per heavy atom. The van der Waals surface area contributed by atoms with E-state index in [9.17, 15) is 9.59 Å². The Hall–Kier alpha value is -2.73. The molecule has 1 saturated heterocycles. The van der Waals surface area contributed by atoms with Crippen molar-refractivity contribution >= 4 is 29.2 Å². The van der Waals surface area contributed by atoms with Crippen LogP contribution in [0.3, 0.4) is 0 Å². The molecule has 0 radical (unpaired) electrons. The number of nitrogens with zero attached hydrogens (tertiary/aromatic N) is 2. The Bertz CT molecular complexity index is 886. The van der Waals surface area contributed by atoms with Crippen molar-refractivity contribution in [1.29, 1.82) is 0 Å². The van der Waals surface area contributed by atoms with Gasteiger partial charge in [0.1, 0.15) is 18.3 Å². The molecule has 4 rings (SSSR count). The number of urea groups is 1. The second kappa shape index (κ2) is 5.92. The number of rotatable bonds is 3. The molecule has 26 heavy (non-hydrogen) atoms. The maximum atomic E-state index is 13.0. The first-order valence-electron chi connectivity index (χ1n) is 8.30. The van der Waals surface area contributed by atoms with Gasteiger partial charge in [-0.1, -0.05) is 35.9 Å². The maximum absolute atomic E-state index is 13.0. The van der Waals surface area contributed by atoms with E-state index >= 15 is 0 Å². The summed E-state index contributed by atoms with van der Waals surface area (Å²) in [5.74, 6) is 0.0797. The van der Waals surface area contributed by atoms with Crippen molar-refractivity contribution in [2.45, 2.75) is 18.6 Å². The fraction of sp³-hybridized carbons (Fsp3) is 0.263. The standard InChI is InChI=1S/C19H18ClN3O3/c1-19(12-6-8-13(20)9-7-12)16-10-22(11-17(21)24)18(25)23(16)14-4-2-3-5-15(14)26-19/h2-9,16H,10-11H2,1H3,(H2,21,24). The molecule has 2 atom stereocenters. The predicted molar refractivity (Wildman–Crippen MR) is 98.3 cm³/mol. The van der Waals surface area contributed by atoms with Gasteiger partial charge >= 0.3 is 6.03 Å². The third-order valence-corrected chi connectivity index (χ3v) is 5.28. The average molecular weight is 372 g/mol. The number of carbonyl (C=O) groups is 2. The van der Waals surface area contributed by atoms with Crippen molar-refractivity contribution in [2.24, 2.45) is 5.73 Å². The average Bonchev–Trinajstić information content (AvgIpc) is 2.93. The number of anilines is 1. The number of halogens is 1. The van der Waals surface area contributed by atoms with E-state index in [4.69, 9.17) is 22.1 Å². The summed E-state index contributed by atoms with van der Waals surface area (Å²) in [5, 5.41) is 0.628. The molecular formula is C19H18ClN3O3. The van der Waals surface area contributed by atoms with Crippen LogP contribution in [0.2, 0.25) is 5.02 Å². The van der Waals surface area contributed by atoms with Gasteiger partial charge in [0.2, 0.25) is 5.91 Å². The van der Waals surface area contributed by atoms with Crippen molar-refractivity contribution < 1.29 is 14.3 Å². The van der Waals surface area contributed by atoms with Crippen LogP contribution in [0.25, 0.3) is 0 Å². The summed E-state index contributed by atoms with van der Waals surface area (Å²) >= 11 is 6.03. The van der Waals surface area contributed by atoms with E-state index in [-0.39, 0.29) is 18.6 Å². The zero-order chi connectivity index (χ0) is 18.5. The van der Waals surface area contributed by atoms with Crippen molar-refractivity contribution in [2.75, 3.05) is 18.0 Å². The number of benzene rings is 2. The molecule has 7 heteroatoms. The highest BCUT2D eigenvalue weighted by molar-refractivity contribution is 6.30. The topological polar surface area (TPSA) is 75.9 Å². The highest BCUT2D eigenvalue weighted by Gasteiger charge is 2.54. The molecule has 2 unspecified atom stereocenters. The third kappa shape index (κ3) is 2.49. The third-order valence-electron chi connectivity index (χ3n) is 5.03. The van der Waals surface area contributed by atoms with Gasteiger partial charge in [0.05, 0.1) is 5.69 Å². The minimum atomic E-state index is -0.791. The summed E-state index contributed by atoms with van der Waals surface area (Å²) in [6.45, 7) is 2.17. The quantitative estimate of drug-likeness (QED) is 0.901. The normalized spacial score (nSPS) is 24.1. The molecule has 2 N–H and O–H groups in total. The fourth-order valence-electron chi connectivity index (χ4n) is 3.74. The van der Waals surface area contributed by atoms with Crippen LogP contribution in [0.4, 0.5) is 10.5 Å². The SMILES string of the molecule is CC1(c2ccc(Cl)cc2)Oc2ccccc2N2C(=O)N(CC(N)=O)CC21. The van der Waals surface area contributed by atoms with Gasteiger partial charge in [0.25, 0.3) is 0 Å². The number of hydrogen-bond acceptors (Lipinski definition) is 3. The lowest BCUT2D eigenvalue weighted by Crippen LogP contribution is -2.54. The summed E-state index contributed by atoms with van der Waals surface area (Å²) in [5.41, 5.74) is 6.12. The number of carbonyl (C=O) groups excluding carboxylic acids is 2. The number of ether oxygens (including phenoxy) is 1. The summed E-state index contributed by atoms with van der Waals surface area (Å²) in [4.78, 5) is 27.5. The number of nitrogens with two attached hydrogens (primary N) is 1. The number of hydrogen-bond donors (Lipinski definition) is 1. The zero-order valence-corrected chi connectivity index (χ0v) is 14.9. The van der Waals surface area contributed by atoms with Gasteiger partial charge in [-0.25, -0.2) is 4.79 Å². The van der Waals surface area contributed by atoms with Crippen molar-refractivity contribution in [1.82, 2.24) is 4.90 Å². The highest BCUT2D eigenvalue weighted by atomic mass is 35.5. The lowest BCUT2D eigenvalue weighted by molar-refractivity contribution is -0.118. The second-order valence-electron chi connectivity index (χ2n) is 6.70. The highest BCUT2D eigenvalue weighted by Crippen LogP contribution is 2.47. The van der Waals surface area contributed by atoms with Gasteiger partial charge in [-0.3, -0.25) is 9.69 Å². The van der Waals surface area contributed by atoms with Crippen LogP contribution >= 0.6 is 11.6 Å². The first-order chi connectivity index (χ1) is 12.4. The number of para-hydroxylation sites is 2. The molecular weight excluding hydrogens is 354 g/mol. The first-order valence-corrected chi connectivity index (χ1v) is 8.68. The maximum Gasteiger partial charge on any atom is 0.325 e. The van der Waals surface area contributed by atoms with Crippen molar-refractivity contribution in [3.63, 3.8) is 0 Å². The number of fused-ring (bicyclic) bond motifs is 3. The Labute approximate surface area is 156 Å². The van der Waals surface area contributed by atoms with Crippen LogP contribution in [-0.4, -0.2) is 36.0 Å². The Kier molecular flexibility index (Phi) is 3.80. The van der Waals surface area contributed by atoms with Gasteiger partial charge in [-0.05, 0) is 36.8 Å². The summed E-state index contributed by atoms with van der Waals surface area (Å²) in [7, 11) is 0. The summed E-state index contributed by atoms with van der Waals surface area (Å²) in [6, 6.07) is 14.3. The van der Waals surface area contributed by atoms with E-state index in [1.807, 2.05) is 43.3 Å². The minimum absolute atomic E-state index is 0.120. The van der Waals surface area contributed by atoms with E-state index in [1.54, 1.807) is 17.0 Å². The smallest absolute Gasteiger partial charge is 0.325 e. The van der Waals surface area contributed by atoms with Crippen LogP contribution in [0, 0.1) is 0 Å². The molecule has 0 aliphatic carbocycles. The van der Waals surface area contributed by atoms with Crippen LogP contribution < -0.4 is 15.4 Å². The van der Waals surface area contributed by atoms with Gasteiger partial charge in [0.15, 0.2) is 5.60 Å². The van der Waals surface area contributed by atoms with E-state index in [0.29, 0.717) is 23.0 Å². The molecule has 2 heterocycles. The Morgan fingerprint density at radius 3 is 2.65 bits per heavy atom. The van der Waals surface area contributed by atoms with Crippen molar-refractivity contribution in [3.05, 3.63) is 59.1 Å². The number of amides is 3. The molecule has 2 aliphatic heterocycles. The molecule has 2 aromatic rings. The molecule has 3 amide bonds. The Balaban J connectivity index is 1.83. The number of primary amides is 1. The van der Waals surface area contributed by atoms with E-state index in [0.717, 1.165) is 5.56 Å². The summed E-state index contributed by atoms with van der Waals surface area (Å²) in [6.07, 6.45) is 0. The second-order valence-corrected chi connectivity index (χ2v) is 7.14. The van der Waals surface area contributed by atoms with Gasteiger partial charge < -0.3 is 15.4 Å². The van der Waals surface area contributed by atoms with Crippen LogP contribution in [0.5, 0.6) is 5.75 Å². The molecule has 2 aromatic carbocycles. The van der Waals surface area contributed by atoms with Crippen LogP contribution in [-0.2, 0) is 10.4 Å².